The number of likely N-dealkylation sites (tertiary alicyclic amines) is 1. The van der Waals surface area contributed by atoms with Crippen molar-refractivity contribution in [1.29, 1.82) is 0 Å². The minimum atomic E-state index is -0.228. The molecule has 132 valence electrons. The third kappa shape index (κ3) is 4.12. The van der Waals surface area contributed by atoms with Gasteiger partial charge in [-0.25, -0.2) is 4.79 Å². The van der Waals surface area contributed by atoms with Gasteiger partial charge in [-0.3, -0.25) is 0 Å². The van der Waals surface area contributed by atoms with Gasteiger partial charge in [-0.05, 0) is 38.2 Å². The lowest BCUT2D eigenvalue weighted by atomic mass is 10.1. The summed E-state index contributed by atoms with van der Waals surface area (Å²) in [6.45, 7) is 2.11. The minimum absolute atomic E-state index is 0.228. The third-order valence-corrected chi connectivity index (χ3v) is 4.58. The molecule has 1 heterocycles. The van der Waals surface area contributed by atoms with Gasteiger partial charge in [0.2, 0.25) is 0 Å². The summed E-state index contributed by atoms with van der Waals surface area (Å²) in [5, 5.41) is 1.81. The number of piperidine rings is 1. The first-order valence-electron chi connectivity index (χ1n) is 8.65. The van der Waals surface area contributed by atoms with Gasteiger partial charge in [-0.15, -0.1) is 5.06 Å². The van der Waals surface area contributed by atoms with Gasteiger partial charge in [0.1, 0.15) is 11.5 Å². The standard InChI is InChI=1S/C18H26N2O4/c1-22-16-9-6-14(17(12-16)23-2)13-20(15-7-8-15)24-18(21)19-10-4-3-5-11-19/h6,9,12,15H,3-5,7-8,10-11,13H2,1-2H3. The number of hydrogen-bond acceptors (Lipinski definition) is 5. The highest BCUT2D eigenvalue weighted by Crippen LogP contribution is 2.32. The molecule has 1 aromatic carbocycles. The molecule has 0 unspecified atom stereocenters. The van der Waals surface area contributed by atoms with E-state index >= 15 is 0 Å². The van der Waals surface area contributed by atoms with E-state index in [4.69, 9.17) is 14.3 Å². The smallest absolute Gasteiger partial charge is 0.428 e. The number of carbonyl (C=O) groups excluding carboxylic acids is 1. The van der Waals surface area contributed by atoms with Crippen LogP contribution >= 0.6 is 0 Å². The van der Waals surface area contributed by atoms with E-state index < -0.39 is 0 Å². The molecular formula is C18H26N2O4. The van der Waals surface area contributed by atoms with E-state index in [9.17, 15) is 4.79 Å². The predicted octanol–water partition coefficient (Wildman–Crippen LogP) is 3.21. The number of ether oxygens (including phenoxy) is 2. The Hall–Kier alpha value is -1.95. The van der Waals surface area contributed by atoms with Crippen LogP contribution in [0.1, 0.15) is 37.7 Å². The second kappa shape index (κ2) is 7.75. The van der Waals surface area contributed by atoms with Gasteiger partial charge < -0.3 is 19.2 Å². The number of carbonyl (C=O) groups is 1. The molecule has 0 N–H and O–H groups in total. The van der Waals surface area contributed by atoms with Crippen molar-refractivity contribution in [2.45, 2.75) is 44.7 Å². The molecule has 1 aliphatic heterocycles. The Morgan fingerprint density at radius 2 is 1.92 bits per heavy atom. The number of methoxy groups -OCH3 is 2. The summed E-state index contributed by atoms with van der Waals surface area (Å²) in [4.78, 5) is 19.9. The fraction of sp³-hybridized carbons (Fsp3) is 0.611. The molecule has 0 spiro atoms. The van der Waals surface area contributed by atoms with Crippen LogP contribution < -0.4 is 9.47 Å². The third-order valence-electron chi connectivity index (χ3n) is 4.58. The molecule has 0 atom stereocenters. The highest BCUT2D eigenvalue weighted by Gasteiger charge is 2.34. The van der Waals surface area contributed by atoms with Crippen LogP contribution in [0.15, 0.2) is 18.2 Å². The Labute approximate surface area is 143 Å². The molecule has 24 heavy (non-hydrogen) atoms. The lowest BCUT2D eigenvalue weighted by molar-refractivity contribution is -0.128. The van der Waals surface area contributed by atoms with E-state index in [1.54, 1.807) is 19.3 Å². The molecule has 1 saturated carbocycles. The molecule has 6 nitrogen and oxygen atoms in total. The number of rotatable bonds is 6. The van der Waals surface area contributed by atoms with Crippen molar-refractivity contribution in [3.8, 4) is 11.5 Å². The van der Waals surface area contributed by atoms with E-state index in [1.807, 2.05) is 23.1 Å². The molecule has 1 aliphatic carbocycles. The van der Waals surface area contributed by atoms with Crippen molar-refractivity contribution in [3.63, 3.8) is 0 Å². The van der Waals surface area contributed by atoms with E-state index in [0.29, 0.717) is 12.6 Å². The van der Waals surface area contributed by atoms with Crippen LogP contribution in [0, 0.1) is 0 Å². The fourth-order valence-corrected chi connectivity index (χ4v) is 2.98. The van der Waals surface area contributed by atoms with Gasteiger partial charge in [-0.1, -0.05) is 6.07 Å². The molecule has 0 radical (unpaired) electrons. The van der Waals surface area contributed by atoms with Crippen LogP contribution in [0.3, 0.4) is 0 Å². The topological polar surface area (TPSA) is 51.2 Å². The van der Waals surface area contributed by atoms with E-state index in [2.05, 4.69) is 0 Å². The van der Waals surface area contributed by atoms with Crippen LogP contribution in [-0.2, 0) is 11.4 Å². The Morgan fingerprint density at radius 3 is 2.54 bits per heavy atom. The highest BCUT2D eigenvalue weighted by molar-refractivity contribution is 5.67. The number of hydroxylamine groups is 2. The number of hydrogen-bond donors (Lipinski definition) is 0. The van der Waals surface area contributed by atoms with Gasteiger partial charge in [0.15, 0.2) is 0 Å². The average molecular weight is 334 g/mol. The molecule has 1 aromatic rings. The summed E-state index contributed by atoms with van der Waals surface area (Å²) in [7, 11) is 3.27. The molecular weight excluding hydrogens is 308 g/mol. The molecule has 2 aliphatic rings. The van der Waals surface area contributed by atoms with Crippen LogP contribution in [-0.4, -0.2) is 49.4 Å². The van der Waals surface area contributed by atoms with Crippen LogP contribution in [0.2, 0.25) is 0 Å². The number of amides is 1. The van der Waals surface area contributed by atoms with Crippen molar-refractivity contribution in [2.24, 2.45) is 0 Å². The summed E-state index contributed by atoms with van der Waals surface area (Å²) < 4.78 is 10.7. The maximum atomic E-state index is 12.4. The largest absolute Gasteiger partial charge is 0.497 e. The maximum absolute atomic E-state index is 12.4. The SMILES string of the molecule is COc1ccc(CN(OC(=O)N2CCCCC2)C2CC2)c(OC)c1. The minimum Gasteiger partial charge on any atom is -0.497 e. The van der Waals surface area contributed by atoms with Gasteiger partial charge in [0, 0.05) is 30.8 Å². The first kappa shape index (κ1) is 16.9. The van der Waals surface area contributed by atoms with Crippen LogP contribution in [0.25, 0.3) is 0 Å². The van der Waals surface area contributed by atoms with Gasteiger partial charge in [0.25, 0.3) is 0 Å². The molecule has 1 saturated heterocycles. The Balaban J connectivity index is 1.67. The maximum Gasteiger partial charge on any atom is 0.428 e. The van der Waals surface area contributed by atoms with Gasteiger partial charge in [-0.2, -0.15) is 0 Å². The number of benzene rings is 1. The molecule has 1 amide bonds. The van der Waals surface area contributed by atoms with Gasteiger partial charge in [0.05, 0.1) is 20.8 Å². The average Bonchev–Trinajstić information content (AvgIpc) is 3.47. The zero-order chi connectivity index (χ0) is 16.9. The second-order valence-electron chi connectivity index (χ2n) is 6.39. The van der Waals surface area contributed by atoms with Crippen LogP contribution in [0.5, 0.6) is 11.5 Å². The second-order valence-corrected chi connectivity index (χ2v) is 6.39. The fourth-order valence-electron chi connectivity index (χ4n) is 2.98. The van der Waals surface area contributed by atoms with Crippen molar-refractivity contribution in [2.75, 3.05) is 27.3 Å². The van der Waals surface area contributed by atoms with Crippen molar-refractivity contribution in [1.82, 2.24) is 9.96 Å². The Bertz CT molecular complexity index is 568. The summed E-state index contributed by atoms with van der Waals surface area (Å²) >= 11 is 0. The lowest BCUT2D eigenvalue weighted by Crippen LogP contribution is -2.40. The van der Waals surface area contributed by atoms with E-state index in [-0.39, 0.29) is 6.09 Å². The van der Waals surface area contributed by atoms with Gasteiger partial charge >= 0.3 is 6.09 Å². The molecule has 2 fully saturated rings. The first-order valence-corrected chi connectivity index (χ1v) is 8.65. The molecule has 3 rings (SSSR count). The van der Waals surface area contributed by atoms with E-state index in [1.165, 1.54) is 6.42 Å². The lowest BCUT2D eigenvalue weighted by Gasteiger charge is -2.29. The zero-order valence-electron chi connectivity index (χ0n) is 14.5. The Kier molecular flexibility index (Phi) is 5.45. The Morgan fingerprint density at radius 1 is 1.17 bits per heavy atom. The normalized spacial score (nSPS) is 17.7. The zero-order valence-corrected chi connectivity index (χ0v) is 14.5. The molecule has 6 heteroatoms. The molecule has 0 bridgehead atoms. The summed E-state index contributed by atoms with van der Waals surface area (Å²) in [6, 6.07) is 6.02. The van der Waals surface area contributed by atoms with E-state index in [0.717, 1.165) is 55.8 Å². The first-order chi connectivity index (χ1) is 11.7. The summed E-state index contributed by atoms with van der Waals surface area (Å²) in [5.74, 6) is 1.49. The monoisotopic (exact) mass is 334 g/mol. The van der Waals surface area contributed by atoms with Crippen molar-refractivity contribution < 1.29 is 19.1 Å². The van der Waals surface area contributed by atoms with Crippen molar-refractivity contribution in [3.05, 3.63) is 23.8 Å². The predicted molar refractivity (Wildman–Crippen MR) is 90.0 cm³/mol. The van der Waals surface area contributed by atoms with Crippen molar-refractivity contribution >= 4 is 6.09 Å². The number of nitrogens with zero attached hydrogens (tertiary/aromatic N) is 2. The summed E-state index contributed by atoms with van der Waals surface area (Å²) in [5.41, 5.74) is 0.983. The van der Waals surface area contributed by atoms with Crippen LogP contribution in [0.4, 0.5) is 4.79 Å². The summed E-state index contributed by atoms with van der Waals surface area (Å²) in [6.07, 6.45) is 5.21. The quantitative estimate of drug-likeness (QED) is 0.748. The highest BCUT2D eigenvalue weighted by atomic mass is 16.7. The molecule has 0 aromatic heterocycles.